The lowest BCUT2D eigenvalue weighted by atomic mass is 10.2. The van der Waals surface area contributed by atoms with Gasteiger partial charge in [0.1, 0.15) is 0 Å². The Hall–Kier alpha value is -1.29. The molecule has 82 valence electrons. The van der Waals surface area contributed by atoms with Crippen LogP contribution >= 0.6 is 0 Å². The van der Waals surface area contributed by atoms with E-state index in [9.17, 15) is 8.42 Å². The molecule has 0 amide bonds. The molecular weight excluding hydrogens is 210 g/mol. The van der Waals surface area contributed by atoms with Gasteiger partial charge in [-0.3, -0.25) is 0 Å². The molecule has 0 aliphatic carbocycles. The van der Waals surface area contributed by atoms with Gasteiger partial charge in [0.05, 0.1) is 0 Å². The van der Waals surface area contributed by atoms with Crippen LogP contribution in [0.25, 0.3) is 0 Å². The Labute approximate surface area is 90.7 Å². The van der Waals surface area contributed by atoms with Gasteiger partial charge in [-0.15, -0.1) is 0 Å². The lowest BCUT2D eigenvalue weighted by Crippen LogP contribution is -2.11. The summed E-state index contributed by atoms with van der Waals surface area (Å²) in [6.45, 7) is 2.38. The van der Waals surface area contributed by atoms with Gasteiger partial charge in [0.15, 0.2) is 9.84 Å². The molecule has 0 radical (unpaired) electrons. The highest BCUT2D eigenvalue weighted by Gasteiger charge is 1.97. The van der Waals surface area contributed by atoms with Crippen LogP contribution in [0.5, 0.6) is 0 Å². The van der Waals surface area contributed by atoms with E-state index in [0.29, 0.717) is 12.2 Å². The molecule has 0 aromatic heterocycles. The summed E-state index contributed by atoms with van der Waals surface area (Å²) in [4.78, 5) is 0. The molecule has 0 aliphatic heterocycles. The first-order valence-electron chi connectivity index (χ1n) is 4.63. The molecule has 0 fully saturated rings. The summed E-state index contributed by atoms with van der Waals surface area (Å²) in [6, 6.07) is 9.82. The van der Waals surface area contributed by atoms with E-state index in [1.807, 2.05) is 30.3 Å². The summed E-state index contributed by atoms with van der Waals surface area (Å²) in [7, 11) is -3.05. The molecular formula is C11H15NO2S. The second-order valence-electron chi connectivity index (χ2n) is 3.47. The van der Waals surface area contributed by atoms with Gasteiger partial charge in [-0.05, 0) is 12.5 Å². The van der Waals surface area contributed by atoms with Crippen LogP contribution in [0.15, 0.2) is 41.4 Å². The number of hydrogen-bond acceptors (Lipinski definition) is 3. The molecule has 0 aliphatic rings. The maximum Gasteiger partial charge on any atom is 0.170 e. The normalized spacial score (nSPS) is 12.5. The van der Waals surface area contributed by atoms with Gasteiger partial charge in [0.25, 0.3) is 0 Å². The van der Waals surface area contributed by atoms with Gasteiger partial charge in [-0.25, -0.2) is 8.42 Å². The quantitative estimate of drug-likeness (QED) is 0.848. The molecule has 0 spiro atoms. The molecule has 0 atom stereocenters. The molecule has 1 aromatic carbocycles. The van der Waals surface area contributed by atoms with Crippen molar-refractivity contribution in [3.8, 4) is 0 Å². The van der Waals surface area contributed by atoms with Crippen LogP contribution in [0, 0.1) is 0 Å². The van der Waals surface area contributed by atoms with Crippen molar-refractivity contribution in [3.05, 3.63) is 47.0 Å². The van der Waals surface area contributed by atoms with Gasteiger partial charge in [0.2, 0.25) is 0 Å². The molecule has 1 aromatic rings. The standard InChI is InChI=1S/C11H15NO2S/c1-10(9-15(2,13)14)12-8-11-6-4-3-5-7-11/h3-7,9,12H,8H2,1-2H3/b10-9-. The Morgan fingerprint density at radius 1 is 1.33 bits per heavy atom. The van der Waals surface area contributed by atoms with Crippen molar-refractivity contribution in [2.45, 2.75) is 13.5 Å². The van der Waals surface area contributed by atoms with E-state index in [1.54, 1.807) is 6.92 Å². The first kappa shape index (κ1) is 11.8. The minimum atomic E-state index is -3.05. The van der Waals surface area contributed by atoms with Gasteiger partial charge >= 0.3 is 0 Å². The first-order valence-corrected chi connectivity index (χ1v) is 6.59. The number of nitrogens with one attached hydrogen (secondary N) is 1. The summed E-state index contributed by atoms with van der Waals surface area (Å²) in [5, 5.41) is 4.27. The smallest absolute Gasteiger partial charge is 0.170 e. The Bertz CT molecular complexity index is 435. The number of hydrogen-bond donors (Lipinski definition) is 1. The molecule has 1 N–H and O–H groups in total. The van der Waals surface area contributed by atoms with Crippen LogP contribution in [0.4, 0.5) is 0 Å². The van der Waals surface area contributed by atoms with Crippen LogP contribution in [0.3, 0.4) is 0 Å². The molecule has 0 unspecified atom stereocenters. The Balaban J connectivity index is 2.56. The third-order valence-electron chi connectivity index (χ3n) is 1.81. The predicted octanol–water partition coefficient (Wildman–Crippen LogP) is 1.68. The zero-order valence-corrected chi connectivity index (χ0v) is 9.71. The second kappa shape index (κ2) is 4.98. The third-order valence-corrected chi connectivity index (χ3v) is 2.59. The molecule has 15 heavy (non-hydrogen) atoms. The minimum absolute atomic E-state index is 0.638. The van der Waals surface area contributed by atoms with E-state index >= 15 is 0 Å². The summed E-state index contributed by atoms with van der Waals surface area (Å²) < 4.78 is 21.9. The van der Waals surface area contributed by atoms with Crippen LogP contribution in [-0.2, 0) is 16.4 Å². The maximum absolute atomic E-state index is 10.9. The SMILES string of the molecule is C/C(=C/S(C)(=O)=O)NCc1ccccc1. The zero-order valence-electron chi connectivity index (χ0n) is 8.90. The van der Waals surface area contributed by atoms with E-state index in [0.717, 1.165) is 5.56 Å². The highest BCUT2D eigenvalue weighted by Crippen LogP contribution is 2.00. The largest absolute Gasteiger partial charge is 0.384 e. The monoisotopic (exact) mass is 225 g/mol. The maximum atomic E-state index is 10.9. The van der Waals surface area contributed by atoms with Crippen LogP contribution in [0.1, 0.15) is 12.5 Å². The van der Waals surface area contributed by atoms with Crippen molar-refractivity contribution in [1.29, 1.82) is 0 Å². The van der Waals surface area contributed by atoms with E-state index < -0.39 is 9.84 Å². The van der Waals surface area contributed by atoms with Crippen LogP contribution in [-0.4, -0.2) is 14.7 Å². The van der Waals surface area contributed by atoms with Gasteiger partial charge in [-0.1, -0.05) is 30.3 Å². The van der Waals surface area contributed by atoms with Crippen molar-refractivity contribution in [2.75, 3.05) is 6.26 Å². The fourth-order valence-corrected chi connectivity index (χ4v) is 1.93. The van der Waals surface area contributed by atoms with Gasteiger partial charge < -0.3 is 5.32 Å². The molecule has 1 rings (SSSR count). The van der Waals surface area contributed by atoms with Crippen molar-refractivity contribution in [3.63, 3.8) is 0 Å². The number of sulfone groups is 1. The molecule has 0 saturated heterocycles. The van der Waals surface area contributed by atoms with E-state index in [2.05, 4.69) is 5.32 Å². The van der Waals surface area contributed by atoms with Crippen molar-refractivity contribution in [1.82, 2.24) is 5.32 Å². The van der Waals surface area contributed by atoms with E-state index in [1.165, 1.54) is 11.7 Å². The van der Waals surface area contributed by atoms with Crippen molar-refractivity contribution >= 4 is 9.84 Å². The Kier molecular flexibility index (Phi) is 3.91. The van der Waals surface area contributed by atoms with Gasteiger partial charge in [-0.2, -0.15) is 0 Å². The lowest BCUT2D eigenvalue weighted by Gasteiger charge is -2.05. The Morgan fingerprint density at radius 2 is 1.93 bits per heavy atom. The molecule has 0 bridgehead atoms. The fraction of sp³-hybridized carbons (Fsp3) is 0.273. The summed E-state index contributed by atoms with van der Waals surface area (Å²) >= 11 is 0. The van der Waals surface area contributed by atoms with Crippen LogP contribution < -0.4 is 5.32 Å². The average molecular weight is 225 g/mol. The zero-order chi connectivity index (χ0) is 11.3. The molecule has 3 nitrogen and oxygen atoms in total. The fourth-order valence-electron chi connectivity index (χ4n) is 1.20. The number of rotatable bonds is 4. The highest BCUT2D eigenvalue weighted by atomic mass is 32.2. The summed E-state index contributed by atoms with van der Waals surface area (Å²) in [6.07, 6.45) is 1.18. The number of benzene rings is 1. The highest BCUT2D eigenvalue weighted by molar-refractivity contribution is 7.93. The van der Waals surface area contributed by atoms with Gasteiger partial charge in [0, 0.05) is 23.9 Å². The van der Waals surface area contributed by atoms with E-state index in [4.69, 9.17) is 0 Å². The summed E-state index contributed by atoms with van der Waals surface area (Å²) in [5.74, 6) is 0. The second-order valence-corrected chi connectivity index (χ2v) is 5.36. The van der Waals surface area contributed by atoms with Crippen LogP contribution in [0.2, 0.25) is 0 Å². The lowest BCUT2D eigenvalue weighted by molar-refractivity contribution is 0.609. The number of allylic oxidation sites excluding steroid dienone is 1. The average Bonchev–Trinajstić information content (AvgIpc) is 2.14. The summed E-state index contributed by atoms with van der Waals surface area (Å²) in [5.41, 5.74) is 1.78. The topological polar surface area (TPSA) is 46.2 Å². The Morgan fingerprint density at radius 3 is 2.47 bits per heavy atom. The predicted molar refractivity (Wildman–Crippen MR) is 61.9 cm³/mol. The third kappa shape index (κ3) is 5.22. The van der Waals surface area contributed by atoms with Crippen molar-refractivity contribution < 1.29 is 8.42 Å². The molecule has 4 heteroatoms. The van der Waals surface area contributed by atoms with Crippen molar-refractivity contribution in [2.24, 2.45) is 0 Å². The minimum Gasteiger partial charge on any atom is -0.384 e. The molecule has 0 saturated carbocycles. The molecule has 0 heterocycles. The van der Waals surface area contributed by atoms with E-state index in [-0.39, 0.29) is 0 Å². The first-order chi connectivity index (χ1) is 6.97.